The van der Waals surface area contributed by atoms with E-state index in [1.807, 2.05) is 24.8 Å². The molecule has 2 heterocycles. The van der Waals surface area contributed by atoms with Crippen LogP contribution in [0.2, 0.25) is 0 Å². The smallest absolute Gasteiger partial charge is 0.277 e. The summed E-state index contributed by atoms with van der Waals surface area (Å²) < 4.78 is 27.4. The van der Waals surface area contributed by atoms with Gasteiger partial charge in [-0.3, -0.25) is 4.79 Å². The third kappa shape index (κ3) is 4.70. The Kier molecular flexibility index (Phi) is 6.23. The first kappa shape index (κ1) is 20.3. The van der Waals surface area contributed by atoms with Gasteiger partial charge >= 0.3 is 0 Å². The number of carbonyl (C=O) groups excluding carboxylic acids is 1. The molecule has 1 aromatic rings. The zero-order chi connectivity index (χ0) is 19.6. The first-order chi connectivity index (χ1) is 12.8. The number of aryl methyl sites for hydroxylation is 2. The minimum absolute atomic E-state index is 0.211. The Balaban J connectivity index is 1.55. The molecule has 150 valence electrons. The lowest BCUT2D eigenvalue weighted by Gasteiger charge is -2.34. The van der Waals surface area contributed by atoms with Gasteiger partial charge in [-0.15, -0.1) is 0 Å². The minimum atomic E-state index is -3.46. The zero-order valence-electron chi connectivity index (χ0n) is 16.7. The van der Waals surface area contributed by atoms with Crippen LogP contribution in [0.4, 0.5) is 0 Å². The van der Waals surface area contributed by atoms with Crippen molar-refractivity contribution in [3.05, 3.63) is 29.3 Å². The summed E-state index contributed by atoms with van der Waals surface area (Å²) in [5.41, 5.74) is 2.08. The van der Waals surface area contributed by atoms with E-state index in [2.05, 4.69) is 6.92 Å². The Hall–Kier alpha value is -1.44. The number of piperidine rings is 1. The number of amides is 1. The summed E-state index contributed by atoms with van der Waals surface area (Å²) in [4.78, 5) is 16.0. The quantitative estimate of drug-likeness (QED) is 0.807. The molecule has 0 unspecified atom stereocenters. The van der Waals surface area contributed by atoms with Crippen LogP contribution in [0.1, 0.15) is 30.9 Å². The Morgan fingerprint density at radius 3 is 2.30 bits per heavy atom. The van der Waals surface area contributed by atoms with E-state index in [1.165, 1.54) is 4.90 Å². The maximum absolute atomic E-state index is 12.9. The summed E-state index contributed by atoms with van der Waals surface area (Å²) in [5.74, 6) is 0.919. The molecule has 3 rings (SSSR count). The molecule has 1 N–H and O–H groups in total. The summed E-state index contributed by atoms with van der Waals surface area (Å²) in [6, 6.07) is 5.31. The second-order valence-corrected chi connectivity index (χ2v) is 10.1. The number of nitrogens with zero attached hydrogens (tertiary/aromatic N) is 2. The summed E-state index contributed by atoms with van der Waals surface area (Å²) in [7, 11) is -3.46. The molecule has 2 aliphatic rings. The largest absolute Gasteiger partial charge is 0.338 e. The van der Waals surface area contributed by atoms with Crippen molar-refractivity contribution in [2.45, 2.75) is 38.5 Å². The lowest BCUT2D eigenvalue weighted by Crippen LogP contribution is -3.15. The zero-order valence-corrected chi connectivity index (χ0v) is 17.5. The lowest BCUT2D eigenvalue weighted by molar-refractivity contribution is -0.896. The number of rotatable bonds is 4. The van der Waals surface area contributed by atoms with E-state index < -0.39 is 10.0 Å². The van der Waals surface area contributed by atoms with Gasteiger partial charge in [0.2, 0.25) is 10.0 Å². The van der Waals surface area contributed by atoms with Crippen LogP contribution in [-0.4, -0.2) is 69.3 Å². The molecule has 0 aliphatic carbocycles. The fourth-order valence-corrected chi connectivity index (χ4v) is 5.35. The van der Waals surface area contributed by atoms with Gasteiger partial charge in [-0.2, -0.15) is 4.31 Å². The molecule has 27 heavy (non-hydrogen) atoms. The van der Waals surface area contributed by atoms with Gasteiger partial charge in [0.15, 0.2) is 6.54 Å². The van der Waals surface area contributed by atoms with Crippen molar-refractivity contribution >= 4 is 15.9 Å². The highest BCUT2D eigenvalue weighted by Crippen LogP contribution is 2.19. The Morgan fingerprint density at radius 2 is 1.70 bits per heavy atom. The monoisotopic (exact) mass is 394 g/mol. The fourth-order valence-electron chi connectivity index (χ4n) is 3.83. The SMILES string of the molecule is Cc1ccc(S(=O)(=O)N2CC[NH+](CC(=O)N3CCC(C)CC3)CC2)cc1C. The Bertz CT molecular complexity index is 778. The standard InChI is InChI=1S/C20H31N3O3S/c1-16-6-8-22(9-7-16)20(24)15-21-10-12-23(13-11-21)27(25,26)19-5-4-17(2)18(3)14-19/h4-5,14,16H,6-13,15H2,1-3H3/p+1. The maximum Gasteiger partial charge on any atom is 0.277 e. The molecule has 0 bridgehead atoms. The van der Waals surface area contributed by atoms with Crippen molar-refractivity contribution in [3.63, 3.8) is 0 Å². The average Bonchev–Trinajstić information content (AvgIpc) is 2.65. The number of hydrogen-bond acceptors (Lipinski definition) is 3. The highest BCUT2D eigenvalue weighted by Gasteiger charge is 2.32. The maximum atomic E-state index is 12.9. The van der Waals surface area contributed by atoms with Crippen LogP contribution in [0.25, 0.3) is 0 Å². The van der Waals surface area contributed by atoms with Gasteiger partial charge in [-0.05, 0) is 55.9 Å². The van der Waals surface area contributed by atoms with Crippen molar-refractivity contribution in [2.24, 2.45) is 5.92 Å². The third-order valence-electron chi connectivity index (χ3n) is 6.08. The molecule has 0 aromatic heterocycles. The number of nitrogens with one attached hydrogen (secondary N) is 1. The van der Waals surface area contributed by atoms with Crippen LogP contribution in [0.15, 0.2) is 23.1 Å². The van der Waals surface area contributed by atoms with Crippen LogP contribution in [-0.2, 0) is 14.8 Å². The predicted octanol–water partition coefficient (Wildman–Crippen LogP) is 0.451. The molecular weight excluding hydrogens is 362 g/mol. The van der Waals surface area contributed by atoms with Crippen molar-refractivity contribution in [2.75, 3.05) is 45.8 Å². The molecule has 2 saturated heterocycles. The number of likely N-dealkylation sites (tertiary alicyclic amines) is 1. The number of sulfonamides is 1. The number of piperazine rings is 1. The summed E-state index contributed by atoms with van der Waals surface area (Å²) in [6.07, 6.45) is 2.17. The average molecular weight is 395 g/mol. The number of benzene rings is 1. The van der Waals surface area contributed by atoms with Gasteiger partial charge in [0.25, 0.3) is 5.91 Å². The van der Waals surface area contributed by atoms with Crippen molar-refractivity contribution < 1.29 is 18.1 Å². The molecule has 2 aliphatic heterocycles. The van der Waals surface area contributed by atoms with E-state index in [0.29, 0.717) is 43.5 Å². The van der Waals surface area contributed by atoms with E-state index in [1.54, 1.807) is 16.4 Å². The van der Waals surface area contributed by atoms with Gasteiger partial charge in [0, 0.05) is 13.1 Å². The van der Waals surface area contributed by atoms with E-state index in [-0.39, 0.29) is 5.91 Å². The van der Waals surface area contributed by atoms with Crippen LogP contribution in [0.5, 0.6) is 0 Å². The van der Waals surface area contributed by atoms with Crippen molar-refractivity contribution in [1.29, 1.82) is 0 Å². The number of hydrogen-bond donors (Lipinski definition) is 1. The molecular formula is C20H32N3O3S+. The van der Waals surface area contributed by atoms with Gasteiger partial charge in [-0.1, -0.05) is 13.0 Å². The van der Waals surface area contributed by atoms with Crippen LogP contribution >= 0.6 is 0 Å². The second-order valence-electron chi connectivity index (χ2n) is 8.14. The lowest BCUT2D eigenvalue weighted by atomic mass is 9.99. The second kappa shape index (κ2) is 8.29. The molecule has 0 spiro atoms. The van der Waals surface area contributed by atoms with Crippen molar-refractivity contribution in [3.8, 4) is 0 Å². The molecule has 0 atom stereocenters. The molecule has 1 aromatic carbocycles. The molecule has 2 fully saturated rings. The highest BCUT2D eigenvalue weighted by atomic mass is 32.2. The van der Waals surface area contributed by atoms with Gasteiger partial charge in [0.05, 0.1) is 31.1 Å². The van der Waals surface area contributed by atoms with Gasteiger partial charge in [-0.25, -0.2) is 8.42 Å². The number of quaternary nitrogens is 1. The minimum Gasteiger partial charge on any atom is -0.338 e. The van der Waals surface area contributed by atoms with Gasteiger partial charge < -0.3 is 9.80 Å². The van der Waals surface area contributed by atoms with E-state index in [9.17, 15) is 13.2 Å². The molecule has 7 heteroatoms. The molecule has 0 saturated carbocycles. The van der Waals surface area contributed by atoms with Gasteiger partial charge in [0.1, 0.15) is 0 Å². The summed E-state index contributed by atoms with van der Waals surface area (Å²) in [5, 5.41) is 0. The first-order valence-electron chi connectivity index (χ1n) is 9.96. The highest BCUT2D eigenvalue weighted by molar-refractivity contribution is 7.89. The molecule has 1 amide bonds. The predicted molar refractivity (Wildman–Crippen MR) is 105 cm³/mol. The third-order valence-corrected chi connectivity index (χ3v) is 7.98. The Morgan fingerprint density at radius 1 is 1.07 bits per heavy atom. The topological polar surface area (TPSA) is 62.1 Å². The first-order valence-corrected chi connectivity index (χ1v) is 11.4. The van der Waals surface area contributed by atoms with Crippen LogP contribution < -0.4 is 4.90 Å². The van der Waals surface area contributed by atoms with Crippen molar-refractivity contribution in [1.82, 2.24) is 9.21 Å². The van der Waals surface area contributed by atoms with E-state index in [0.717, 1.165) is 37.1 Å². The molecule has 6 nitrogen and oxygen atoms in total. The van der Waals surface area contributed by atoms with Crippen LogP contribution in [0, 0.1) is 19.8 Å². The molecule has 0 radical (unpaired) electrons. The Labute approximate surface area is 163 Å². The van der Waals surface area contributed by atoms with E-state index in [4.69, 9.17) is 0 Å². The summed E-state index contributed by atoms with van der Waals surface area (Å²) >= 11 is 0. The summed E-state index contributed by atoms with van der Waals surface area (Å²) in [6.45, 7) is 10.6. The van der Waals surface area contributed by atoms with E-state index >= 15 is 0 Å². The fraction of sp³-hybridized carbons (Fsp3) is 0.650. The van der Waals surface area contributed by atoms with Crippen LogP contribution in [0.3, 0.4) is 0 Å². The normalized spacial score (nSPS) is 20.8. The number of carbonyl (C=O) groups is 1.